The summed E-state index contributed by atoms with van der Waals surface area (Å²) in [6, 6.07) is 16.3. The topological polar surface area (TPSA) is 84.2 Å². The summed E-state index contributed by atoms with van der Waals surface area (Å²) in [6.07, 6.45) is 0.872. The number of nitrogens with one attached hydrogen (secondary N) is 2. The number of carbonyl (C=O) groups excluding carboxylic acids is 2. The highest BCUT2D eigenvalue weighted by molar-refractivity contribution is 5.99. The summed E-state index contributed by atoms with van der Waals surface area (Å²) in [7, 11) is 0. The number of amides is 2. The van der Waals surface area contributed by atoms with Crippen molar-refractivity contribution in [1.29, 1.82) is 0 Å². The van der Waals surface area contributed by atoms with Gasteiger partial charge in [0.15, 0.2) is 0 Å². The van der Waals surface area contributed by atoms with Crippen molar-refractivity contribution in [3.63, 3.8) is 0 Å². The molecule has 134 valence electrons. The smallest absolute Gasteiger partial charge is 0.251 e. The van der Waals surface area contributed by atoms with Gasteiger partial charge in [0.05, 0.1) is 5.92 Å². The maximum atomic E-state index is 12.5. The van der Waals surface area contributed by atoms with Gasteiger partial charge in [-0.1, -0.05) is 43.3 Å². The van der Waals surface area contributed by atoms with E-state index < -0.39 is 5.92 Å². The van der Waals surface area contributed by atoms with Crippen molar-refractivity contribution in [3.05, 3.63) is 65.7 Å². The number of carbonyl (C=O) groups is 2. The largest absolute Gasteiger partial charge is 0.352 e. The van der Waals surface area contributed by atoms with E-state index in [1.807, 2.05) is 37.3 Å². The highest BCUT2D eigenvalue weighted by Gasteiger charge is 2.19. The van der Waals surface area contributed by atoms with Crippen LogP contribution in [0.15, 0.2) is 54.6 Å². The molecule has 1 unspecified atom stereocenters. The SMILES string of the molecule is CCCNC(=O)c1cccc(NC(=O)C(CN)c2ccccc2)c1.Cl. The second-order valence-electron chi connectivity index (χ2n) is 5.52. The van der Waals surface area contributed by atoms with Crippen molar-refractivity contribution in [2.24, 2.45) is 5.73 Å². The molecule has 0 saturated heterocycles. The second kappa shape index (κ2) is 10.5. The van der Waals surface area contributed by atoms with Gasteiger partial charge in [0.25, 0.3) is 5.91 Å². The van der Waals surface area contributed by atoms with E-state index in [-0.39, 0.29) is 30.8 Å². The number of hydrogen-bond donors (Lipinski definition) is 3. The third kappa shape index (κ3) is 5.89. The number of halogens is 1. The molecule has 0 heterocycles. The minimum Gasteiger partial charge on any atom is -0.352 e. The Kier molecular flexibility index (Phi) is 8.67. The molecular formula is C19H24ClN3O2. The molecule has 0 aliphatic heterocycles. The monoisotopic (exact) mass is 361 g/mol. The summed E-state index contributed by atoms with van der Waals surface area (Å²) in [5.41, 5.74) is 7.74. The van der Waals surface area contributed by atoms with Gasteiger partial charge in [0.1, 0.15) is 0 Å². The lowest BCUT2D eigenvalue weighted by Gasteiger charge is -2.15. The molecule has 6 heteroatoms. The average Bonchev–Trinajstić information content (AvgIpc) is 2.61. The van der Waals surface area contributed by atoms with Crippen LogP contribution in [0.5, 0.6) is 0 Å². The lowest BCUT2D eigenvalue weighted by atomic mass is 9.98. The van der Waals surface area contributed by atoms with E-state index in [1.54, 1.807) is 24.3 Å². The van der Waals surface area contributed by atoms with E-state index >= 15 is 0 Å². The summed E-state index contributed by atoms with van der Waals surface area (Å²) >= 11 is 0. The zero-order valence-corrected chi connectivity index (χ0v) is 15.0. The summed E-state index contributed by atoms with van der Waals surface area (Å²) in [5.74, 6) is -0.759. The predicted molar refractivity (Wildman–Crippen MR) is 103 cm³/mol. The van der Waals surface area contributed by atoms with Crippen molar-refractivity contribution >= 4 is 29.9 Å². The number of nitrogens with two attached hydrogens (primary N) is 1. The molecule has 1 atom stereocenters. The third-order valence-electron chi connectivity index (χ3n) is 3.68. The average molecular weight is 362 g/mol. The van der Waals surface area contributed by atoms with Crippen LogP contribution in [0.2, 0.25) is 0 Å². The Hall–Kier alpha value is -2.37. The summed E-state index contributed by atoms with van der Waals surface area (Å²) in [4.78, 5) is 24.5. The molecule has 0 aromatic heterocycles. The second-order valence-corrected chi connectivity index (χ2v) is 5.52. The molecule has 2 rings (SSSR count). The standard InChI is InChI=1S/C19H23N3O2.ClH/c1-2-11-21-18(23)15-9-6-10-16(12-15)22-19(24)17(13-20)14-7-4-3-5-8-14;/h3-10,12,17H,2,11,13,20H2,1H3,(H,21,23)(H,22,24);1H. The highest BCUT2D eigenvalue weighted by Crippen LogP contribution is 2.18. The zero-order chi connectivity index (χ0) is 17.4. The Bertz CT molecular complexity index is 692. The Labute approximate surface area is 154 Å². The molecule has 2 aromatic rings. The van der Waals surface area contributed by atoms with E-state index in [9.17, 15) is 9.59 Å². The number of hydrogen-bond acceptors (Lipinski definition) is 3. The molecule has 0 bridgehead atoms. The zero-order valence-electron chi connectivity index (χ0n) is 14.2. The fourth-order valence-electron chi connectivity index (χ4n) is 2.39. The molecule has 2 amide bonds. The van der Waals surface area contributed by atoms with Gasteiger partial charge in [-0.3, -0.25) is 9.59 Å². The van der Waals surface area contributed by atoms with Gasteiger partial charge < -0.3 is 16.4 Å². The Morgan fingerprint density at radius 1 is 1.08 bits per heavy atom. The van der Waals surface area contributed by atoms with E-state index in [0.717, 1.165) is 12.0 Å². The Morgan fingerprint density at radius 3 is 2.44 bits per heavy atom. The van der Waals surface area contributed by atoms with Crippen LogP contribution in [0.1, 0.15) is 35.2 Å². The van der Waals surface area contributed by atoms with Crippen molar-refractivity contribution in [2.75, 3.05) is 18.4 Å². The molecule has 0 fully saturated rings. The Morgan fingerprint density at radius 2 is 1.80 bits per heavy atom. The van der Waals surface area contributed by atoms with Crippen molar-refractivity contribution in [2.45, 2.75) is 19.3 Å². The quantitative estimate of drug-likeness (QED) is 0.708. The van der Waals surface area contributed by atoms with Crippen molar-refractivity contribution < 1.29 is 9.59 Å². The molecule has 0 saturated carbocycles. The molecule has 0 spiro atoms. The molecule has 4 N–H and O–H groups in total. The first-order valence-corrected chi connectivity index (χ1v) is 8.09. The van der Waals surface area contributed by atoms with Crippen LogP contribution in [-0.2, 0) is 4.79 Å². The van der Waals surface area contributed by atoms with Gasteiger partial charge in [-0.05, 0) is 30.2 Å². The van der Waals surface area contributed by atoms with Crippen LogP contribution >= 0.6 is 12.4 Å². The van der Waals surface area contributed by atoms with Crippen LogP contribution in [0.4, 0.5) is 5.69 Å². The van der Waals surface area contributed by atoms with Crippen LogP contribution in [0.25, 0.3) is 0 Å². The normalized spacial score (nSPS) is 11.1. The maximum absolute atomic E-state index is 12.5. The lowest BCUT2D eigenvalue weighted by Crippen LogP contribution is -2.28. The van der Waals surface area contributed by atoms with E-state index in [4.69, 9.17) is 5.73 Å². The van der Waals surface area contributed by atoms with Gasteiger partial charge in [-0.25, -0.2) is 0 Å². The van der Waals surface area contributed by atoms with Gasteiger partial charge in [-0.2, -0.15) is 0 Å². The maximum Gasteiger partial charge on any atom is 0.251 e. The molecule has 5 nitrogen and oxygen atoms in total. The highest BCUT2D eigenvalue weighted by atomic mass is 35.5. The summed E-state index contributed by atoms with van der Waals surface area (Å²) in [5, 5.41) is 5.66. The van der Waals surface area contributed by atoms with Crippen LogP contribution in [-0.4, -0.2) is 24.9 Å². The number of rotatable bonds is 7. The third-order valence-corrected chi connectivity index (χ3v) is 3.68. The first-order chi connectivity index (χ1) is 11.7. The molecule has 0 radical (unpaired) electrons. The molecule has 2 aromatic carbocycles. The minimum absolute atomic E-state index is 0. The Balaban J connectivity index is 0.00000312. The molecule has 25 heavy (non-hydrogen) atoms. The fraction of sp³-hybridized carbons (Fsp3) is 0.263. The summed E-state index contributed by atoms with van der Waals surface area (Å²) in [6.45, 7) is 2.83. The van der Waals surface area contributed by atoms with Crippen LogP contribution in [0, 0.1) is 0 Å². The van der Waals surface area contributed by atoms with Crippen LogP contribution < -0.4 is 16.4 Å². The first kappa shape index (κ1) is 20.7. The fourth-order valence-corrected chi connectivity index (χ4v) is 2.39. The minimum atomic E-state index is -0.427. The van der Waals surface area contributed by atoms with Crippen molar-refractivity contribution in [3.8, 4) is 0 Å². The van der Waals surface area contributed by atoms with Crippen LogP contribution in [0.3, 0.4) is 0 Å². The number of benzene rings is 2. The lowest BCUT2D eigenvalue weighted by molar-refractivity contribution is -0.117. The van der Waals surface area contributed by atoms with Gasteiger partial charge >= 0.3 is 0 Å². The molecular weight excluding hydrogens is 338 g/mol. The van der Waals surface area contributed by atoms with E-state index in [1.165, 1.54) is 0 Å². The first-order valence-electron chi connectivity index (χ1n) is 8.09. The molecule has 0 aliphatic rings. The summed E-state index contributed by atoms with van der Waals surface area (Å²) < 4.78 is 0. The van der Waals surface area contributed by atoms with E-state index in [0.29, 0.717) is 17.8 Å². The number of anilines is 1. The predicted octanol–water partition coefficient (Wildman–Crippen LogP) is 2.93. The van der Waals surface area contributed by atoms with Gasteiger partial charge in [0, 0.05) is 24.3 Å². The molecule has 0 aliphatic carbocycles. The van der Waals surface area contributed by atoms with Gasteiger partial charge in [-0.15, -0.1) is 12.4 Å². The van der Waals surface area contributed by atoms with Crippen molar-refractivity contribution in [1.82, 2.24) is 5.32 Å². The van der Waals surface area contributed by atoms with Gasteiger partial charge in [0.2, 0.25) is 5.91 Å². The van der Waals surface area contributed by atoms with E-state index in [2.05, 4.69) is 10.6 Å².